The number of aromatic nitrogens is 3. The molecular formula is C9H5ClF3N3O. The number of nitrogens with one attached hydrogen (secondary N) is 1. The third kappa shape index (κ3) is 2.23. The van der Waals surface area contributed by atoms with Gasteiger partial charge < -0.3 is 4.98 Å². The van der Waals surface area contributed by atoms with Crippen LogP contribution in [-0.4, -0.2) is 26.9 Å². The number of Topliss-reactive ketones (excluding diaryl/α,β-unsaturated/α-hetero) is 1. The molecule has 0 radical (unpaired) electrons. The maximum absolute atomic E-state index is 12.1. The number of carbonyl (C=O) groups is 1. The average molecular weight is 264 g/mol. The summed E-state index contributed by atoms with van der Waals surface area (Å²) in [7, 11) is 0. The smallest absolute Gasteiger partial charge is 0.346 e. The molecule has 0 aliphatic heterocycles. The van der Waals surface area contributed by atoms with Gasteiger partial charge in [-0.15, -0.1) is 0 Å². The molecule has 0 aliphatic rings. The summed E-state index contributed by atoms with van der Waals surface area (Å²) in [6.07, 6.45) is -3.19. The van der Waals surface area contributed by atoms with Gasteiger partial charge in [-0.3, -0.25) is 4.79 Å². The number of fused-ring (bicyclic) bond motifs is 1. The van der Waals surface area contributed by atoms with Crippen LogP contribution in [-0.2, 0) is 11.2 Å². The average Bonchev–Trinajstić information content (AvgIpc) is 2.61. The Labute approximate surface area is 97.8 Å². The molecule has 0 saturated heterocycles. The highest BCUT2D eigenvalue weighted by molar-refractivity contribution is 6.34. The molecule has 0 amide bonds. The predicted molar refractivity (Wildman–Crippen MR) is 53.7 cm³/mol. The largest absolute Gasteiger partial charge is 0.450 e. The third-order valence-electron chi connectivity index (χ3n) is 2.17. The van der Waals surface area contributed by atoms with Crippen molar-refractivity contribution in [2.75, 3.05) is 0 Å². The molecule has 0 aliphatic carbocycles. The summed E-state index contributed by atoms with van der Waals surface area (Å²) in [4.78, 5) is 20.9. The molecule has 2 aromatic rings. The van der Waals surface area contributed by atoms with Crippen LogP contribution in [0.1, 0.15) is 5.56 Å². The first-order valence-corrected chi connectivity index (χ1v) is 4.84. The molecule has 2 aromatic heterocycles. The van der Waals surface area contributed by atoms with Crippen molar-refractivity contribution < 1.29 is 18.0 Å². The maximum atomic E-state index is 12.1. The number of rotatable bonds is 2. The molecule has 0 unspecified atom stereocenters. The number of halogens is 4. The van der Waals surface area contributed by atoms with Crippen molar-refractivity contribution in [1.82, 2.24) is 15.0 Å². The fraction of sp³-hybridized carbons (Fsp3) is 0.222. The number of nitrogens with zero attached hydrogens (tertiary/aromatic N) is 2. The predicted octanol–water partition coefficient (Wildman–Crippen LogP) is 2.29. The SMILES string of the molecule is O=C(Cc1c[nH]c2ncnc(Cl)c12)C(F)(F)F. The van der Waals surface area contributed by atoms with Gasteiger partial charge >= 0.3 is 6.18 Å². The fourth-order valence-electron chi connectivity index (χ4n) is 1.40. The van der Waals surface area contributed by atoms with Gasteiger partial charge in [0.2, 0.25) is 5.78 Å². The highest BCUT2D eigenvalue weighted by atomic mass is 35.5. The van der Waals surface area contributed by atoms with E-state index in [4.69, 9.17) is 11.6 Å². The van der Waals surface area contributed by atoms with E-state index in [1.165, 1.54) is 12.5 Å². The van der Waals surface area contributed by atoms with Crippen LogP contribution in [0.2, 0.25) is 5.15 Å². The lowest BCUT2D eigenvalue weighted by Gasteiger charge is -2.04. The van der Waals surface area contributed by atoms with Crippen molar-refractivity contribution in [2.24, 2.45) is 0 Å². The Balaban J connectivity index is 2.41. The van der Waals surface area contributed by atoms with Crippen LogP contribution in [0.4, 0.5) is 13.2 Å². The van der Waals surface area contributed by atoms with Gasteiger partial charge in [0.05, 0.1) is 5.39 Å². The first kappa shape index (κ1) is 11.8. The van der Waals surface area contributed by atoms with E-state index in [1.54, 1.807) is 0 Å². The van der Waals surface area contributed by atoms with Gasteiger partial charge in [0.1, 0.15) is 17.1 Å². The number of hydrogen-bond donors (Lipinski definition) is 1. The Bertz CT molecular complexity index is 578. The zero-order chi connectivity index (χ0) is 12.6. The van der Waals surface area contributed by atoms with Gasteiger partial charge in [-0.1, -0.05) is 11.6 Å². The van der Waals surface area contributed by atoms with Crippen molar-refractivity contribution in [3.63, 3.8) is 0 Å². The van der Waals surface area contributed by atoms with Gasteiger partial charge in [-0.25, -0.2) is 9.97 Å². The second kappa shape index (κ2) is 3.99. The molecule has 8 heteroatoms. The normalized spacial score (nSPS) is 12.0. The van der Waals surface area contributed by atoms with E-state index in [9.17, 15) is 18.0 Å². The van der Waals surface area contributed by atoms with Crippen molar-refractivity contribution in [3.05, 3.63) is 23.2 Å². The Hall–Kier alpha value is -1.63. The summed E-state index contributed by atoms with van der Waals surface area (Å²) in [5.41, 5.74) is 0.433. The number of carbonyl (C=O) groups excluding carboxylic acids is 1. The fourth-order valence-corrected chi connectivity index (χ4v) is 1.65. The van der Waals surface area contributed by atoms with Crippen molar-refractivity contribution in [1.29, 1.82) is 0 Å². The van der Waals surface area contributed by atoms with Crippen LogP contribution in [0.5, 0.6) is 0 Å². The standard InChI is InChI=1S/C9H5ClF3N3O/c10-7-6-4(1-5(17)9(11,12)13)2-14-8(6)16-3-15-7/h2-3H,1H2,(H,14,15,16). The van der Waals surface area contributed by atoms with E-state index in [-0.39, 0.29) is 16.1 Å². The van der Waals surface area contributed by atoms with Crippen LogP contribution in [0.15, 0.2) is 12.5 Å². The molecule has 2 heterocycles. The Morgan fingerprint density at radius 3 is 2.76 bits per heavy atom. The highest BCUT2D eigenvalue weighted by Gasteiger charge is 2.38. The van der Waals surface area contributed by atoms with E-state index in [0.29, 0.717) is 5.65 Å². The zero-order valence-electron chi connectivity index (χ0n) is 8.18. The Morgan fingerprint density at radius 1 is 1.41 bits per heavy atom. The minimum Gasteiger partial charge on any atom is -0.346 e. The lowest BCUT2D eigenvalue weighted by Crippen LogP contribution is -2.24. The molecule has 0 fully saturated rings. The third-order valence-corrected chi connectivity index (χ3v) is 2.46. The van der Waals surface area contributed by atoms with Crippen LogP contribution in [0.3, 0.4) is 0 Å². The maximum Gasteiger partial charge on any atom is 0.450 e. The van der Waals surface area contributed by atoms with E-state index in [1.807, 2.05) is 0 Å². The minimum absolute atomic E-state index is 0.0150. The van der Waals surface area contributed by atoms with Crippen LogP contribution >= 0.6 is 11.6 Å². The molecular weight excluding hydrogens is 259 g/mol. The summed E-state index contributed by atoms with van der Waals surface area (Å²) in [5.74, 6) is -1.83. The summed E-state index contributed by atoms with van der Waals surface area (Å²) < 4.78 is 36.4. The lowest BCUT2D eigenvalue weighted by molar-refractivity contribution is -0.170. The summed E-state index contributed by atoms with van der Waals surface area (Å²) in [6.45, 7) is 0. The van der Waals surface area contributed by atoms with Crippen LogP contribution in [0.25, 0.3) is 11.0 Å². The number of hydrogen-bond acceptors (Lipinski definition) is 3. The van der Waals surface area contributed by atoms with Crippen molar-refractivity contribution >= 4 is 28.4 Å². The molecule has 0 saturated carbocycles. The van der Waals surface area contributed by atoms with Crippen molar-refractivity contribution in [2.45, 2.75) is 12.6 Å². The zero-order valence-corrected chi connectivity index (χ0v) is 8.93. The van der Waals surface area contributed by atoms with E-state index in [0.717, 1.165) is 0 Å². The van der Waals surface area contributed by atoms with Gasteiger partial charge in [-0.2, -0.15) is 13.2 Å². The number of H-pyrrole nitrogens is 1. The topological polar surface area (TPSA) is 58.6 Å². The number of ketones is 1. The van der Waals surface area contributed by atoms with Crippen molar-refractivity contribution in [3.8, 4) is 0 Å². The first-order chi connectivity index (χ1) is 7.89. The van der Waals surface area contributed by atoms with Crippen LogP contribution < -0.4 is 0 Å². The molecule has 4 nitrogen and oxygen atoms in total. The second-order valence-corrected chi connectivity index (χ2v) is 3.66. The molecule has 0 atom stereocenters. The molecule has 2 rings (SSSR count). The summed E-state index contributed by atoms with van der Waals surface area (Å²) >= 11 is 5.74. The van der Waals surface area contributed by atoms with Gasteiger partial charge in [0.25, 0.3) is 0 Å². The quantitative estimate of drug-likeness (QED) is 0.846. The first-order valence-electron chi connectivity index (χ1n) is 4.46. The molecule has 17 heavy (non-hydrogen) atoms. The number of alkyl halides is 3. The van der Waals surface area contributed by atoms with E-state index < -0.39 is 18.4 Å². The summed E-state index contributed by atoms with van der Waals surface area (Å²) in [6, 6.07) is 0. The monoisotopic (exact) mass is 263 g/mol. The van der Waals surface area contributed by atoms with Gasteiger partial charge in [0, 0.05) is 12.6 Å². The number of aromatic amines is 1. The summed E-state index contributed by atoms with van der Waals surface area (Å²) in [5, 5.41) is 0.257. The van der Waals surface area contributed by atoms with Gasteiger partial charge in [0.15, 0.2) is 0 Å². The minimum atomic E-state index is -4.86. The Morgan fingerprint density at radius 2 is 2.12 bits per heavy atom. The molecule has 1 N–H and O–H groups in total. The second-order valence-electron chi connectivity index (χ2n) is 3.30. The molecule has 0 aromatic carbocycles. The molecule has 0 spiro atoms. The van der Waals surface area contributed by atoms with Crippen LogP contribution in [0, 0.1) is 0 Å². The molecule has 0 bridgehead atoms. The lowest BCUT2D eigenvalue weighted by atomic mass is 10.1. The Kier molecular flexibility index (Phi) is 2.78. The molecule has 90 valence electrons. The van der Waals surface area contributed by atoms with E-state index >= 15 is 0 Å². The van der Waals surface area contributed by atoms with Gasteiger partial charge in [-0.05, 0) is 5.56 Å². The van der Waals surface area contributed by atoms with E-state index in [2.05, 4.69) is 15.0 Å². The highest BCUT2D eigenvalue weighted by Crippen LogP contribution is 2.26.